The Balaban J connectivity index is 1.62. The molecule has 0 amide bonds. The quantitative estimate of drug-likeness (QED) is 0.861. The molecule has 0 saturated carbocycles. The maximum atomic E-state index is 12.8. The Hall–Kier alpha value is -2.22. The van der Waals surface area contributed by atoms with Crippen LogP contribution in [0.3, 0.4) is 0 Å². The zero-order valence-corrected chi connectivity index (χ0v) is 13.3. The number of rotatable bonds is 3. The number of hydrogen-bond donors (Lipinski definition) is 0. The molecule has 128 valence electrons. The zero-order chi connectivity index (χ0) is 17.2. The molecule has 0 bridgehead atoms. The molecule has 0 unspecified atom stereocenters. The van der Waals surface area contributed by atoms with Gasteiger partial charge in [0.2, 0.25) is 0 Å². The molecule has 1 aliphatic rings. The summed E-state index contributed by atoms with van der Waals surface area (Å²) in [6.07, 6.45) is -1.70. The topological polar surface area (TPSA) is 45.2 Å². The number of piperazine rings is 1. The molecular formula is C16H18F3N5. The Morgan fingerprint density at radius 3 is 2.50 bits per heavy atom. The molecule has 1 saturated heterocycles. The summed E-state index contributed by atoms with van der Waals surface area (Å²) in [6.45, 7) is 5.53. The van der Waals surface area contributed by atoms with Gasteiger partial charge in [0.05, 0.1) is 5.69 Å². The summed E-state index contributed by atoms with van der Waals surface area (Å²) < 4.78 is 38.3. The summed E-state index contributed by atoms with van der Waals surface area (Å²) >= 11 is 0. The van der Waals surface area contributed by atoms with Crippen molar-refractivity contribution in [3.63, 3.8) is 0 Å². The van der Waals surface area contributed by atoms with E-state index in [2.05, 4.69) is 19.9 Å². The molecule has 0 atom stereocenters. The fraction of sp³-hybridized carbons (Fsp3) is 0.438. The van der Waals surface area contributed by atoms with Gasteiger partial charge in [-0.15, -0.1) is 0 Å². The van der Waals surface area contributed by atoms with Gasteiger partial charge in [-0.05, 0) is 18.6 Å². The van der Waals surface area contributed by atoms with E-state index in [0.29, 0.717) is 18.9 Å². The third kappa shape index (κ3) is 3.81. The monoisotopic (exact) mass is 337 g/mol. The predicted molar refractivity (Wildman–Crippen MR) is 83.5 cm³/mol. The van der Waals surface area contributed by atoms with Gasteiger partial charge < -0.3 is 4.90 Å². The minimum atomic E-state index is -4.45. The van der Waals surface area contributed by atoms with Gasteiger partial charge in [0.15, 0.2) is 0 Å². The van der Waals surface area contributed by atoms with Crippen molar-refractivity contribution in [2.24, 2.45) is 0 Å². The lowest BCUT2D eigenvalue weighted by molar-refractivity contribution is -0.141. The Labute approximate surface area is 138 Å². The molecule has 8 heteroatoms. The van der Waals surface area contributed by atoms with Gasteiger partial charge in [0.1, 0.15) is 17.8 Å². The average molecular weight is 337 g/mol. The number of alkyl halides is 3. The third-order valence-corrected chi connectivity index (χ3v) is 4.13. The molecule has 0 aromatic carbocycles. The Morgan fingerprint density at radius 2 is 1.83 bits per heavy atom. The first kappa shape index (κ1) is 16.6. The standard InChI is InChI=1S/C16H18F3N5/c1-12-3-2-4-20-13(12)10-23-5-7-24(8-6-23)15-9-14(16(17,18)19)21-11-22-15/h2-4,9,11H,5-8,10H2,1H3. The van der Waals surface area contributed by atoms with Crippen LogP contribution in [0.25, 0.3) is 0 Å². The summed E-state index contributed by atoms with van der Waals surface area (Å²) in [6, 6.07) is 4.95. The molecule has 2 aromatic heterocycles. The van der Waals surface area contributed by atoms with E-state index in [-0.39, 0.29) is 0 Å². The summed E-state index contributed by atoms with van der Waals surface area (Å²) in [5.74, 6) is 0.325. The van der Waals surface area contributed by atoms with Crippen molar-refractivity contribution in [2.75, 3.05) is 31.1 Å². The number of halogens is 3. The smallest absolute Gasteiger partial charge is 0.354 e. The van der Waals surface area contributed by atoms with Crippen molar-refractivity contribution in [1.29, 1.82) is 0 Å². The van der Waals surface area contributed by atoms with E-state index < -0.39 is 11.9 Å². The Bertz CT molecular complexity index is 696. The fourth-order valence-electron chi connectivity index (χ4n) is 2.71. The summed E-state index contributed by atoms with van der Waals surface area (Å²) in [5.41, 5.74) is 1.27. The second-order valence-corrected chi connectivity index (χ2v) is 5.79. The first-order chi connectivity index (χ1) is 11.4. The minimum Gasteiger partial charge on any atom is -0.354 e. The van der Waals surface area contributed by atoms with E-state index in [0.717, 1.165) is 43.3 Å². The van der Waals surface area contributed by atoms with Crippen LogP contribution in [0, 0.1) is 6.92 Å². The molecule has 0 spiro atoms. The third-order valence-electron chi connectivity index (χ3n) is 4.13. The normalized spacial score (nSPS) is 16.4. The zero-order valence-electron chi connectivity index (χ0n) is 13.3. The van der Waals surface area contributed by atoms with Crippen molar-refractivity contribution < 1.29 is 13.2 Å². The van der Waals surface area contributed by atoms with Crippen LogP contribution in [0.5, 0.6) is 0 Å². The van der Waals surface area contributed by atoms with Crippen LogP contribution in [-0.4, -0.2) is 46.0 Å². The number of pyridine rings is 1. The minimum absolute atomic E-state index is 0.325. The molecule has 5 nitrogen and oxygen atoms in total. The van der Waals surface area contributed by atoms with Gasteiger partial charge in [-0.3, -0.25) is 9.88 Å². The highest BCUT2D eigenvalue weighted by Crippen LogP contribution is 2.29. The fourth-order valence-corrected chi connectivity index (χ4v) is 2.71. The highest BCUT2D eigenvalue weighted by molar-refractivity contribution is 5.40. The molecule has 3 heterocycles. The van der Waals surface area contributed by atoms with Gasteiger partial charge >= 0.3 is 6.18 Å². The van der Waals surface area contributed by atoms with E-state index in [4.69, 9.17) is 0 Å². The molecule has 0 radical (unpaired) electrons. The average Bonchev–Trinajstić information content (AvgIpc) is 2.57. The van der Waals surface area contributed by atoms with E-state index in [1.54, 1.807) is 6.20 Å². The lowest BCUT2D eigenvalue weighted by Crippen LogP contribution is -2.46. The van der Waals surface area contributed by atoms with Crippen LogP contribution < -0.4 is 4.90 Å². The van der Waals surface area contributed by atoms with Crippen molar-refractivity contribution in [1.82, 2.24) is 19.9 Å². The lowest BCUT2D eigenvalue weighted by atomic mass is 10.2. The number of anilines is 1. The number of hydrogen-bond acceptors (Lipinski definition) is 5. The lowest BCUT2D eigenvalue weighted by Gasteiger charge is -2.35. The van der Waals surface area contributed by atoms with Crippen LogP contribution in [0.2, 0.25) is 0 Å². The van der Waals surface area contributed by atoms with Gasteiger partial charge in [0, 0.05) is 45.0 Å². The number of aryl methyl sites for hydroxylation is 1. The van der Waals surface area contributed by atoms with Crippen molar-refractivity contribution in [3.05, 3.63) is 47.7 Å². The largest absolute Gasteiger partial charge is 0.433 e. The summed E-state index contributed by atoms with van der Waals surface area (Å²) in [4.78, 5) is 15.8. The number of nitrogens with zero attached hydrogens (tertiary/aromatic N) is 5. The second-order valence-electron chi connectivity index (χ2n) is 5.79. The molecule has 0 aliphatic carbocycles. The van der Waals surface area contributed by atoms with Gasteiger partial charge in [-0.2, -0.15) is 13.2 Å². The maximum absolute atomic E-state index is 12.8. The summed E-state index contributed by atoms with van der Waals surface area (Å²) in [5, 5.41) is 0. The van der Waals surface area contributed by atoms with E-state index in [9.17, 15) is 13.2 Å². The molecular weight excluding hydrogens is 319 g/mol. The molecule has 1 fully saturated rings. The van der Waals surface area contributed by atoms with Crippen molar-refractivity contribution in [2.45, 2.75) is 19.6 Å². The van der Waals surface area contributed by atoms with Crippen LogP contribution in [-0.2, 0) is 12.7 Å². The molecule has 3 rings (SSSR count). The van der Waals surface area contributed by atoms with Crippen molar-refractivity contribution >= 4 is 5.82 Å². The maximum Gasteiger partial charge on any atom is 0.433 e. The molecule has 24 heavy (non-hydrogen) atoms. The van der Waals surface area contributed by atoms with Crippen molar-refractivity contribution in [3.8, 4) is 0 Å². The Kier molecular flexibility index (Phi) is 4.66. The first-order valence-electron chi connectivity index (χ1n) is 7.70. The van der Waals surface area contributed by atoms with Crippen LogP contribution in [0.4, 0.5) is 19.0 Å². The van der Waals surface area contributed by atoms with Crippen LogP contribution in [0.1, 0.15) is 17.0 Å². The SMILES string of the molecule is Cc1cccnc1CN1CCN(c2cc(C(F)(F)F)ncn2)CC1. The molecule has 0 N–H and O–H groups in total. The Morgan fingerprint density at radius 1 is 1.08 bits per heavy atom. The van der Waals surface area contributed by atoms with Gasteiger partial charge in [-0.25, -0.2) is 9.97 Å². The molecule has 1 aliphatic heterocycles. The molecule has 2 aromatic rings. The van der Waals surface area contributed by atoms with E-state index >= 15 is 0 Å². The highest BCUT2D eigenvalue weighted by atomic mass is 19.4. The van der Waals surface area contributed by atoms with Crippen LogP contribution >= 0.6 is 0 Å². The van der Waals surface area contributed by atoms with E-state index in [1.807, 2.05) is 24.0 Å². The number of aromatic nitrogens is 3. The first-order valence-corrected chi connectivity index (χ1v) is 7.70. The predicted octanol–water partition coefficient (Wildman–Crippen LogP) is 2.52. The highest BCUT2D eigenvalue weighted by Gasteiger charge is 2.33. The van der Waals surface area contributed by atoms with Crippen LogP contribution in [0.15, 0.2) is 30.7 Å². The van der Waals surface area contributed by atoms with Gasteiger partial charge in [-0.1, -0.05) is 6.07 Å². The van der Waals surface area contributed by atoms with Gasteiger partial charge in [0.25, 0.3) is 0 Å². The van der Waals surface area contributed by atoms with E-state index in [1.165, 1.54) is 0 Å². The summed E-state index contributed by atoms with van der Waals surface area (Å²) in [7, 11) is 0. The second kappa shape index (κ2) is 6.72.